The van der Waals surface area contributed by atoms with Crippen molar-refractivity contribution in [2.24, 2.45) is 0 Å². The summed E-state index contributed by atoms with van der Waals surface area (Å²) >= 11 is 0. The highest BCUT2D eigenvalue weighted by atomic mass is 16.3. The van der Waals surface area contributed by atoms with Gasteiger partial charge in [-0.1, -0.05) is 121 Å². The molecule has 0 amide bonds. The van der Waals surface area contributed by atoms with E-state index in [1.165, 1.54) is 0 Å². The Bertz CT molecular complexity index is 3540. The molecule has 10 aromatic rings. The third kappa shape index (κ3) is 4.60. The molecule has 0 bridgehead atoms. The van der Waals surface area contributed by atoms with Crippen LogP contribution in [0, 0.1) is 0 Å². The first kappa shape index (κ1) is 18.6. The highest BCUT2D eigenvalue weighted by molar-refractivity contribution is 6.16. The molecule has 234 valence electrons. The predicted molar refractivity (Wildman–Crippen MR) is 203 cm³/mol. The number of hydrogen-bond donors (Lipinski definition) is 0. The zero-order valence-corrected chi connectivity index (χ0v) is 25.9. The molecular formula is C45H28N4O. The maximum absolute atomic E-state index is 9.31. The van der Waals surface area contributed by atoms with Gasteiger partial charge < -0.3 is 8.98 Å². The number of nitrogens with zero attached hydrogens (tertiary/aromatic N) is 4. The minimum absolute atomic E-state index is 0.0350. The lowest BCUT2D eigenvalue weighted by molar-refractivity contribution is 0.669. The van der Waals surface area contributed by atoms with E-state index >= 15 is 0 Å². The Kier molecular flexibility index (Phi) is 4.24. The monoisotopic (exact) mass is 652 g/mol. The van der Waals surface area contributed by atoms with Crippen LogP contribution in [0.2, 0.25) is 0 Å². The summed E-state index contributed by atoms with van der Waals surface area (Å²) in [5.74, 6) is -0.733. The third-order valence-corrected chi connectivity index (χ3v) is 8.61. The summed E-state index contributed by atoms with van der Waals surface area (Å²) in [5, 5.41) is 1.69. The van der Waals surface area contributed by atoms with Crippen molar-refractivity contribution in [3.05, 3.63) is 170 Å². The second-order valence-electron chi connectivity index (χ2n) is 11.5. The predicted octanol–water partition coefficient (Wildman–Crippen LogP) is 11.5. The van der Waals surface area contributed by atoms with Crippen molar-refractivity contribution < 1.29 is 20.9 Å². The summed E-state index contributed by atoms with van der Waals surface area (Å²) < 4.78 is 112. The van der Waals surface area contributed by atoms with Crippen LogP contribution in [-0.4, -0.2) is 19.5 Å². The van der Waals surface area contributed by atoms with Crippen LogP contribution in [0.4, 0.5) is 0 Å². The number of aromatic nitrogens is 4. The highest BCUT2D eigenvalue weighted by Gasteiger charge is 2.18. The fourth-order valence-corrected chi connectivity index (χ4v) is 6.44. The van der Waals surface area contributed by atoms with Crippen LogP contribution >= 0.6 is 0 Å². The van der Waals surface area contributed by atoms with E-state index in [1.807, 2.05) is 66.7 Å². The first-order valence-corrected chi connectivity index (χ1v) is 15.7. The van der Waals surface area contributed by atoms with E-state index in [-0.39, 0.29) is 50.5 Å². The second-order valence-corrected chi connectivity index (χ2v) is 11.5. The maximum Gasteiger partial charge on any atom is 0.164 e. The Morgan fingerprint density at radius 3 is 2.04 bits per heavy atom. The molecule has 0 N–H and O–H groups in total. The Morgan fingerprint density at radius 2 is 1.16 bits per heavy atom. The minimum Gasteiger partial charge on any atom is -0.456 e. The fraction of sp³-hybridized carbons (Fsp3) is 0. The molecule has 0 fully saturated rings. The average molecular weight is 653 g/mol. The molecule has 0 aliphatic heterocycles. The van der Waals surface area contributed by atoms with Crippen molar-refractivity contribution in [2.75, 3.05) is 0 Å². The molecule has 0 saturated carbocycles. The average Bonchev–Trinajstić information content (AvgIpc) is 3.86. The Hall–Kier alpha value is -6.85. The zero-order chi connectivity index (χ0) is 43.5. The molecule has 0 aliphatic rings. The van der Waals surface area contributed by atoms with Gasteiger partial charge in [-0.2, -0.15) is 0 Å². The van der Waals surface area contributed by atoms with Crippen molar-refractivity contribution in [1.82, 2.24) is 19.5 Å². The van der Waals surface area contributed by atoms with Crippen LogP contribution in [-0.2, 0) is 0 Å². The van der Waals surface area contributed by atoms with Crippen LogP contribution in [0.5, 0.6) is 0 Å². The first-order chi connectivity index (χ1) is 29.8. The molecule has 3 aromatic heterocycles. The standard InChI is InChI=1S/C45H28N4O/c1-3-13-29(14-4-1)43-46-44(48-45(47-43)32-25-26-36-35-19-8-10-24-40(35)50-41(36)28-32)31-16-11-15-30(27-31)34-21-12-23-39-42(34)37-20-7-9-22-38(37)49(39)33-17-5-2-6-18-33/h1-28H/i1D,3D,4D,8D,10D,13D,14D,19D,24D,25D,26D,28D. The van der Waals surface area contributed by atoms with E-state index in [9.17, 15) is 2.74 Å². The summed E-state index contributed by atoms with van der Waals surface area (Å²) in [6.07, 6.45) is 0. The summed E-state index contributed by atoms with van der Waals surface area (Å²) in [6, 6.07) is 24.7. The van der Waals surface area contributed by atoms with E-state index in [0.29, 0.717) is 5.56 Å². The van der Waals surface area contributed by atoms with E-state index < -0.39 is 72.5 Å². The molecule has 0 saturated heterocycles. The third-order valence-electron chi connectivity index (χ3n) is 8.61. The molecule has 0 radical (unpaired) electrons. The van der Waals surface area contributed by atoms with Crippen LogP contribution in [0.15, 0.2) is 174 Å². The van der Waals surface area contributed by atoms with Gasteiger partial charge in [0.25, 0.3) is 0 Å². The topological polar surface area (TPSA) is 56.7 Å². The van der Waals surface area contributed by atoms with E-state index in [2.05, 4.69) is 32.7 Å². The Balaban J connectivity index is 1.24. The molecule has 3 heterocycles. The van der Waals surface area contributed by atoms with Gasteiger partial charge in [0, 0.05) is 43.9 Å². The molecule has 0 unspecified atom stereocenters. The molecule has 7 aromatic carbocycles. The number of hydrogen-bond acceptors (Lipinski definition) is 4. The fourth-order valence-electron chi connectivity index (χ4n) is 6.44. The van der Waals surface area contributed by atoms with E-state index in [4.69, 9.17) is 23.1 Å². The smallest absolute Gasteiger partial charge is 0.164 e. The van der Waals surface area contributed by atoms with Gasteiger partial charge in [0.05, 0.1) is 27.5 Å². The SMILES string of the molecule is [2H]c1c([2H])c([2H])c(-c2nc(-c3cccc(-c4cccc5c4c4ccccc4n5-c4ccccc4)c3)nc(-c3c([2H])c([2H])c4c(oc5c([2H])c([2H])c([2H])c([2H])c54)c3[2H])n2)c([2H])c1[2H]. The van der Waals surface area contributed by atoms with Gasteiger partial charge in [-0.25, -0.2) is 15.0 Å². The summed E-state index contributed by atoms with van der Waals surface area (Å²) in [6.45, 7) is 0. The van der Waals surface area contributed by atoms with Crippen molar-refractivity contribution >= 4 is 43.7 Å². The number of para-hydroxylation sites is 3. The summed E-state index contributed by atoms with van der Waals surface area (Å²) in [7, 11) is 0. The minimum atomic E-state index is -0.631. The van der Waals surface area contributed by atoms with Gasteiger partial charge in [-0.15, -0.1) is 0 Å². The molecule has 50 heavy (non-hydrogen) atoms. The van der Waals surface area contributed by atoms with E-state index in [0.717, 1.165) is 38.6 Å². The summed E-state index contributed by atoms with van der Waals surface area (Å²) in [5.41, 5.74) is 3.77. The van der Waals surface area contributed by atoms with Gasteiger partial charge in [0.1, 0.15) is 11.2 Å². The second kappa shape index (κ2) is 11.4. The lowest BCUT2D eigenvalue weighted by Gasteiger charge is -2.11. The number of rotatable bonds is 5. The van der Waals surface area contributed by atoms with Crippen LogP contribution in [0.1, 0.15) is 16.4 Å². The number of fused-ring (bicyclic) bond motifs is 6. The Labute approximate surface area is 304 Å². The zero-order valence-electron chi connectivity index (χ0n) is 37.9. The van der Waals surface area contributed by atoms with Crippen LogP contribution in [0.25, 0.3) is 94.7 Å². The molecule has 0 aliphatic carbocycles. The normalized spacial score (nSPS) is 15.0. The Morgan fingerprint density at radius 1 is 0.480 bits per heavy atom. The largest absolute Gasteiger partial charge is 0.456 e. The van der Waals surface area contributed by atoms with Crippen molar-refractivity contribution in [2.45, 2.75) is 0 Å². The maximum atomic E-state index is 9.31. The van der Waals surface area contributed by atoms with Gasteiger partial charge >= 0.3 is 0 Å². The molecular weight excluding hydrogens is 613 g/mol. The molecule has 5 nitrogen and oxygen atoms in total. The van der Waals surface area contributed by atoms with Gasteiger partial charge in [0.2, 0.25) is 0 Å². The van der Waals surface area contributed by atoms with E-state index in [1.54, 1.807) is 12.1 Å². The lowest BCUT2D eigenvalue weighted by Crippen LogP contribution is -2.00. The van der Waals surface area contributed by atoms with Crippen LogP contribution in [0.3, 0.4) is 0 Å². The summed E-state index contributed by atoms with van der Waals surface area (Å²) in [4.78, 5) is 13.9. The number of benzene rings is 7. The molecule has 10 rings (SSSR count). The van der Waals surface area contributed by atoms with Gasteiger partial charge in [0.15, 0.2) is 17.5 Å². The lowest BCUT2D eigenvalue weighted by atomic mass is 9.97. The van der Waals surface area contributed by atoms with Crippen LogP contribution < -0.4 is 0 Å². The first-order valence-electron chi connectivity index (χ1n) is 21.7. The van der Waals surface area contributed by atoms with Crippen molar-refractivity contribution in [3.8, 4) is 51.0 Å². The van der Waals surface area contributed by atoms with Gasteiger partial charge in [-0.05, 0) is 59.6 Å². The highest BCUT2D eigenvalue weighted by Crippen LogP contribution is 2.39. The molecule has 0 atom stereocenters. The van der Waals surface area contributed by atoms with Crippen molar-refractivity contribution in [1.29, 1.82) is 0 Å². The molecule has 5 heteroatoms. The number of furan rings is 1. The molecule has 0 spiro atoms. The van der Waals surface area contributed by atoms with Crippen molar-refractivity contribution in [3.63, 3.8) is 0 Å². The quantitative estimate of drug-likeness (QED) is 0.186. The van der Waals surface area contributed by atoms with Gasteiger partial charge in [-0.3, -0.25) is 0 Å².